The fraction of sp³-hybridized carbons (Fsp3) is 0.375. The lowest BCUT2D eigenvalue weighted by Gasteiger charge is -2.14. The summed E-state index contributed by atoms with van der Waals surface area (Å²) >= 11 is 0. The van der Waals surface area contributed by atoms with Gasteiger partial charge >= 0.3 is 12.1 Å². The van der Waals surface area contributed by atoms with Crippen LogP contribution in [-0.2, 0) is 14.3 Å². The Balaban J connectivity index is 1.24. The number of hydrogen-bond donors (Lipinski definition) is 3. The number of benzene rings is 2. The van der Waals surface area contributed by atoms with Gasteiger partial charge in [0.2, 0.25) is 5.91 Å². The summed E-state index contributed by atoms with van der Waals surface area (Å²) in [5.41, 5.74) is 4.67. The molecule has 3 atom stereocenters. The van der Waals surface area contributed by atoms with Crippen molar-refractivity contribution in [1.29, 1.82) is 0 Å². The summed E-state index contributed by atoms with van der Waals surface area (Å²) in [6.07, 6.45) is 0.0725. The highest BCUT2D eigenvalue weighted by atomic mass is 16.5. The summed E-state index contributed by atoms with van der Waals surface area (Å²) in [7, 11) is 0. The van der Waals surface area contributed by atoms with Crippen LogP contribution in [0.25, 0.3) is 11.1 Å². The standard InChI is InChI=1S/C24H26N2O5/c1-14(10-22(27)28)26-23(29)20-11-15(20)12-25-24(30)31-13-21-18-8-4-2-6-16(18)17-7-3-5-9-19(17)21/h2-9,14-15,20-21H,10-13H2,1H3,(H,25,30)(H,26,29)(H,27,28)/t14-,15-,20-/m1/s1. The molecule has 0 bridgehead atoms. The molecule has 7 nitrogen and oxygen atoms in total. The van der Waals surface area contributed by atoms with Crippen LogP contribution in [0.15, 0.2) is 48.5 Å². The number of aliphatic carboxylic acids is 1. The van der Waals surface area contributed by atoms with Crippen LogP contribution >= 0.6 is 0 Å². The third-order valence-corrected chi connectivity index (χ3v) is 5.98. The second kappa shape index (κ2) is 8.79. The molecule has 0 radical (unpaired) electrons. The average Bonchev–Trinajstić information content (AvgIpc) is 3.46. The maximum Gasteiger partial charge on any atom is 0.407 e. The fourth-order valence-corrected chi connectivity index (χ4v) is 4.32. The molecule has 0 heterocycles. The van der Waals surface area contributed by atoms with Gasteiger partial charge in [0.05, 0.1) is 6.42 Å². The van der Waals surface area contributed by atoms with Crippen LogP contribution in [0.4, 0.5) is 4.79 Å². The van der Waals surface area contributed by atoms with Crippen LogP contribution < -0.4 is 10.6 Å². The molecule has 3 N–H and O–H groups in total. The van der Waals surface area contributed by atoms with E-state index in [0.717, 1.165) is 11.1 Å². The molecule has 2 aromatic rings. The number of carboxylic acids is 1. The fourth-order valence-electron chi connectivity index (χ4n) is 4.32. The Hall–Kier alpha value is -3.35. The third kappa shape index (κ3) is 4.71. The van der Waals surface area contributed by atoms with Crippen molar-refractivity contribution in [3.63, 3.8) is 0 Å². The van der Waals surface area contributed by atoms with Gasteiger partial charge in [-0.25, -0.2) is 4.79 Å². The van der Waals surface area contributed by atoms with Crippen molar-refractivity contribution in [2.24, 2.45) is 11.8 Å². The Morgan fingerprint density at radius 3 is 2.29 bits per heavy atom. The van der Waals surface area contributed by atoms with E-state index >= 15 is 0 Å². The Kier molecular flexibility index (Phi) is 5.93. The number of alkyl carbamates (subject to hydrolysis) is 1. The van der Waals surface area contributed by atoms with Crippen molar-refractivity contribution >= 4 is 18.0 Å². The highest BCUT2D eigenvalue weighted by molar-refractivity contribution is 5.82. The largest absolute Gasteiger partial charge is 0.481 e. The van der Waals surface area contributed by atoms with Crippen LogP contribution in [0.2, 0.25) is 0 Å². The van der Waals surface area contributed by atoms with Gasteiger partial charge < -0.3 is 20.5 Å². The van der Waals surface area contributed by atoms with Gasteiger partial charge in [-0.15, -0.1) is 0 Å². The van der Waals surface area contributed by atoms with Crippen LogP contribution in [-0.4, -0.2) is 42.3 Å². The first-order chi connectivity index (χ1) is 14.9. The normalized spacial score (nSPS) is 19.6. The Morgan fingerprint density at radius 2 is 1.68 bits per heavy atom. The number of carbonyl (C=O) groups is 3. The highest BCUT2D eigenvalue weighted by Crippen LogP contribution is 2.44. The molecule has 0 unspecified atom stereocenters. The van der Waals surface area contributed by atoms with Gasteiger partial charge in [-0.3, -0.25) is 9.59 Å². The quantitative estimate of drug-likeness (QED) is 0.606. The van der Waals surface area contributed by atoms with Gasteiger partial charge in [-0.2, -0.15) is 0 Å². The minimum Gasteiger partial charge on any atom is -0.481 e. The van der Waals surface area contributed by atoms with Crippen molar-refractivity contribution in [2.75, 3.05) is 13.2 Å². The van der Waals surface area contributed by atoms with E-state index in [0.29, 0.717) is 13.0 Å². The van der Waals surface area contributed by atoms with Gasteiger partial charge in [0, 0.05) is 24.4 Å². The second-order valence-corrected chi connectivity index (χ2v) is 8.32. The van der Waals surface area contributed by atoms with Gasteiger partial charge in [0.15, 0.2) is 0 Å². The maximum atomic E-state index is 12.2. The molecular formula is C24H26N2O5. The molecule has 0 aromatic heterocycles. The zero-order valence-corrected chi connectivity index (χ0v) is 17.3. The second-order valence-electron chi connectivity index (χ2n) is 8.32. The predicted octanol–water partition coefficient (Wildman–Crippen LogP) is 3.14. The summed E-state index contributed by atoms with van der Waals surface area (Å²) in [4.78, 5) is 35.1. The number of amides is 2. The van der Waals surface area contributed by atoms with Crippen molar-refractivity contribution in [3.8, 4) is 11.1 Å². The summed E-state index contributed by atoms with van der Waals surface area (Å²) in [6, 6.07) is 15.9. The molecule has 2 aliphatic carbocycles. The van der Waals surface area contributed by atoms with Gasteiger partial charge in [0.25, 0.3) is 0 Å². The number of nitrogens with one attached hydrogen (secondary N) is 2. The molecule has 0 aliphatic heterocycles. The minimum atomic E-state index is -0.947. The van der Waals surface area contributed by atoms with E-state index in [-0.39, 0.29) is 36.7 Å². The first kappa shape index (κ1) is 20.9. The maximum absolute atomic E-state index is 12.2. The molecule has 1 fully saturated rings. The molecule has 2 aliphatic rings. The molecule has 0 saturated heterocycles. The van der Waals surface area contributed by atoms with Crippen LogP contribution in [0.3, 0.4) is 0 Å². The number of hydrogen-bond acceptors (Lipinski definition) is 4. The van der Waals surface area contributed by atoms with Crippen molar-refractivity contribution in [2.45, 2.75) is 31.7 Å². The lowest BCUT2D eigenvalue weighted by atomic mass is 9.98. The predicted molar refractivity (Wildman–Crippen MR) is 115 cm³/mol. The molecule has 4 rings (SSSR count). The number of fused-ring (bicyclic) bond motifs is 3. The Labute approximate surface area is 180 Å². The monoisotopic (exact) mass is 422 g/mol. The van der Waals surface area contributed by atoms with E-state index < -0.39 is 18.1 Å². The smallest absolute Gasteiger partial charge is 0.407 e. The lowest BCUT2D eigenvalue weighted by molar-refractivity contribution is -0.137. The lowest BCUT2D eigenvalue weighted by Crippen LogP contribution is -2.36. The first-order valence-corrected chi connectivity index (χ1v) is 10.5. The van der Waals surface area contributed by atoms with Gasteiger partial charge in [0.1, 0.15) is 6.61 Å². The van der Waals surface area contributed by atoms with Crippen molar-refractivity contribution in [3.05, 3.63) is 59.7 Å². The minimum absolute atomic E-state index is 0.00771. The van der Waals surface area contributed by atoms with E-state index in [4.69, 9.17) is 9.84 Å². The van der Waals surface area contributed by atoms with E-state index in [2.05, 4.69) is 34.9 Å². The van der Waals surface area contributed by atoms with E-state index in [1.165, 1.54) is 11.1 Å². The van der Waals surface area contributed by atoms with Crippen molar-refractivity contribution in [1.82, 2.24) is 10.6 Å². The highest BCUT2D eigenvalue weighted by Gasteiger charge is 2.43. The van der Waals surface area contributed by atoms with Crippen LogP contribution in [0.5, 0.6) is 0 Å². The summed E-state index contributed by atoms with van der Waals surface area (Å²) < 4.78 is 5.51. The van der Waals surface area contributed by atoms with E-state index in [9.17, 15) is 14.4 Å². The third-order valence-electron chi connectivity index (χ3n) is 5.98. The first-order valence-electron chi connectivity index (χ1n) is 10.5. The van der Waals surface area contributed by atoms with Gasteiger partial charge in [-0.1, -0.05) is 48.5 Å². The molecular weight excluding hydrogens is 396 g/mol. The number of carbonyl (C=O) groups excluding carboxylic acids is 2. The van der Waals surface area contributed by atoms with Crippen molar-refractivity contribution < 1.29 is 24.2 Å². The average molecular weight is 422 g/mol. The summed E-state index contributed by atoms with van der Waals surface area (Å²) in [6.45, 7) is 2.28. The van der Waals surface area contributed by atoms with Crippen LogP contribution in [0.1, 0.15) is 36.8 Å². The molecule has 2 amide bonds. The zero-order valence-electron chi connectivity index (χ0n) is 17.3. The van der Waals surface area contributed by atoms with Crippen LogP contribution in [0, 0.1) is 11.8 Å². The Morgan fingerprint density at radius 1 is 1.06 bits per heavy atom. The SMILES string of the molecule is C[C@H](CC(=O)O)NC(=O)[C@@H]1C[C@@H]1CNC(=O)OCC1c2ccccc2-c2ccccc21. The summed E-state index contributed by atoms with van der Waals surface area (Å²) in [5.74, 6) is -1.24. The molecule has 31 heavy (non-hydrogen) atoms. The molecule has 162 valence electrons. The number of ether oxygens (including phenoxy) is 1. The molecule has 2 aromatic carbocycles. The van der Waals surface area contributed by atoms with Gasteiger partial charge in [-0.05, 0) is 41.5 Å². The molecule has 0 spiro atoms. The molecule has 1 saturated carbocycles. The molecule has 7 heteroatoms. The topological polar surface area (TPSA) is 105 Å². The van der Waals surface area contributed by atoms with E-state index in [1.54, 1.807) is 6.92 Å². The Bertz CT molecular complexity index is 959. The van der Waals surface area contributed by atoms with E-state index in [1.807, 2.05) is 24.3 Å². The number of carboxylic acid groups (broad SMARTS) is 1. The zero-order chi connectivity index (χ0) is 22.0. The number of rotatable bonds is 8. The summed E-state index contributed by atoms with van der Waals surface area (Å²) in [5, 5.41) is 14.2.